The number of amides is 1. The predicted molar refractivity (Wildman–Crippen MR) is 77.6 cm³/mol. The maximum atomic E-state index is 12.5. The Bertz CT molecular complexity index is 497. The van der Waals surface area contributed by atoms with E-state index in [1.807, 2.05) is 12.3 Å². The Kier molecular flexibility index (Phi) is 3.12. The van der Waals surface area contributed by atoms with Crippen LogP contribution in [0.25, 0.3) is 0 Å². The van der Waals surface area contributed by atoms with Crippen molar-refractivity contribution in [1.82, 2.24) is 10.3 Å². The number of thiazole rings is 1. The second-order valence-corrected chi connectivity index (χ2v) is 8.17. The minimum Gasteiger partial charge on any atom is -0.344 e. The highest BCUT2D eigenvalue weighted by atomic mass is 35.5. The van der Waals surface area contributed by atoms with E-state index in [4.69, 9.17) is 23.2 Å². The first-order valence-electron chi connectivity index (χ1n) is 6.50. The normalized spacial score (nSPS) is 31.1. The third-order valence-corrected chi connectivity index (χ3v) is 6.49. The van der Waals surface area contributed by atoms with E-state index in [1.165, 1.54) is 0 Å². The van der Waals surface area contributed by atoms with Gasteiger partial charge in [-0.15, -0.1) is 34.5 Å². The summed E-state index contributed by atoms with van der Waals surface area (Å²) in [5.41, 5.74) is -0.969. The molecule has 0 aliphatic heterocycles. The van der Waals surface area contributed by atoms with Gasteiger partial charge in [0.05, 0.1) is 11.0 Å². The molecule has 1 heterocycles. The number of halogens is 2. The minimum atomic E-state index is -0.917. The van der Waals surface area contributed by atoms with Gasteiger partial charge in [0.1, 0.15) is 9.34 Å². The standard InChI is InChI=1S/C13H16Cl2N2OS/c1-11(8-13(11,14)15)9(18)17-12(4-2-3-5-12)10-16-6-7-19-10/h6-7H,2-5,8H2,1H3,(H,17,18)/t11-/m0/s1. The molecule has 1 N–H and O–H groups in total. The van der Waals surface area contributed by atoms with Gasteiger partial charge in [-0.2, -0.15) is 0 Å². The molecule has 1 aromatic heterocycles. The first kappa shape index (κ1) is 13.7. The lowest BCUT2D eigenvalue weighted by Crippen LogP contribution is -2.47. The Morgan fingerprint density at radius 1 is 1.42 bits per heavy atom. The largest absolute Gasteiger partial charge is 0.344 e. The van der Waals surface area contributed by atoms with Gasteiger partial charge < -0.3 is 5.32 Å². The number of alkyl halides is 2. The number of nitrogens with zero attached hydrogens (tertiary/aromatic N) is 1. The van der Waals surface area contributed by atoms with E-state index in [9.17, 15) is 4.79 Å². The van der Waals surface area contributed by atoms with Crippen molar-refractivity contribution >= 4 is 40.4 Å². The molecule has 1 amide bonds. The third kappa shape index (κ3) is 2.08. The Labute approximate surface area is 126 Å². The van der Waals surface area contributed by atoms with Crippen LogP contribution >= 0.6 is 34.5 Å². The van der Waals surface area contributed by atoms with Crippen molar-refractivity contribution in [3.05, 3.63) is 16.6 Å². The van der Waals surface area contributed by atoms with E-state index in [1.54, 1.807) is 17.5 Å². The fourth-order valence-corrected chi connectivity index (χ4v) is 4.39. The van der Waals surface area contributed by atoms with Crippen molar-refractivity contribution in [2.75, 3.05) is 0 Å². The lowest BCUT2D eigenvalue weighted by atomic mass is 9.96. The van der Waals surface area contributed by atoms with E-state index in [2.05, 4.69) is 10.3 Å². The van der Waals surface area contributed by atoms with Gasteiger partial charge in [0, 0.05) is 11.6 Å². The van der Waals surface area contributed by atoms with Gasteiger partial charge in [-0.3, -0.25) is 4.79 Å². The van der Waals surface area contributed by atoms with Crippen LogP contribution in [0.1, 0.15) is 44.0 Å². The lowest BCUT2D eigenvalue weighted by Gasteiger charge is -2.30. The van der Waals surface area contributed by atoms with E-state index in [0.717, 1.165) is 30.7 Å². The monoisotopic (exact) mass is 318 g/mol. The molecule has 2 aliphatic rings. The average Bonchev–Trinajstić information content (AvgIpc) is 2.84. The third-order valence-electron chi connectivity index (χ3n) is 4.41. The van der Waals surface area contributed by atoms with Crippen LogP contribution in [0, 0.1) is 5.41 Å². The van der Waals surface area contributed by atoms with Crippen molar-refractivity contribution in [3.8, 4) is 0 Å². The van der Waals surface area contributed by atoms with Crippen LogP contribution in [-0.2, 0) is 10.3 Å². The van der Waals surface area contributed by atoms with Crippen LogP contribution in [0.5, 0.6) is 0 Å². The maximum Gasteiger partial charge on any atom is 0.229 e. The Balaban J connectivity index is 1.82. The van der Waals surface area contributed by atoms with Crippen molar-refractivity contribution in [2.45, 2.75) is 48.9 Å². The minimum absolute atomic E-state index is 0.0467. The average molecular weight is 319 g/mol. The van der Waals surface area contributed by atoms with Crippen LogP contribution in [-0.4, -0.2) is 15.2 Å². The van der Waals surface area contributed by atoms with E-state index >= 15 is 0 Å². The van der Waals surface area contributed by atoms with Gasteiger partial charge in [0.15, 0.2) is 0 Å². The summed E-state index contributed by atoms with van der Waals surface area (Å²) in [5.74, 6) is -0.0467. The topological polar surface area (TPSA) is 42.0 Å². The molecule has 104 valence electrons. The zero-order valence-corrected chi connectivity index (χ0v) is 13.0. The van der Waals surface area contributed by atoms with Crippen molar-refractivity contribution in [3.63, 3.8) is 0 Å². The number of carbonyl (C=O) groups excluding carboxylic acids is 1. The predicted octanol–water partition coefficient (Wildman–Crippen LogP) is 3.61. The molecule has 19 heavy (non-hydrogen) atoms. The summed E-state index contributed by atoms with van der Waals surface area (Å²) in [7, 11) is 0. The number of rotatable bonds is 3. The Morgan fingerprint density at radius 3 is 2.53 bits per heavy atom. The molecule has 6 heteroatoms. The molecule has 3 rings (SSSR count). The highest BCUT2D eigenvalue weighted by molar-refractivity contribution is 7.09. The number of carbonyl (C=O) groups is 1. The second kappa shape index (κ2) is 4.34. The molecule has 0 aromatic carbocycles. The molecule has 2 aliphatic carbocycles. The summed E-state index contributed by atoms with van der Waals surface area (Å²) in [5, 5.41) is 6.14. The summed E-state index contributed by atoms with van der Waals surface area (Å²) >= 11 is 13.8. The second-order valence-electron chi connectivity index (χ2n) is 5.79. The molecule has 0 unspecified atom stereocenters. The zero-order chi connectivity index (χ0) is 13.7. The van der Waals surface area contributed by atoms with Gasteiger partial charge in [0.25, 0.3) is 0 Å². The summed E-state index contributed by atoms with van der Waals surface area (Å²) in [4.78, 5) is 16.9. The Morgan fingerprint density at radius 2 is 2.05 bits per heavy atom. The van der Waals surface area contributed by atoms with Gasteiger partial charge in [-0.05, 0) is 26.2 Å². The summed E-state index contributed by atoms with van der Waals surface area (Å²) in [6, 6.07) is 0. The van der Waals surface area contributed by atoms with Crippen LogP contribution in [0.2, 0.25) is 0 Å². The molecule has 0 bridgehead atoms. The van der Waals surface area contributed by atoms with E-state index < -0.39 is 9.75 Å². The molecule has 0 radical (unpaired) electrons. The first-order chi connectivity index (χ1) is 8.90. The molecule has 0 spiro atoms. The molecule has 2 saturated carbocycles. The SMILES string of the molecule is C[C@@]1(C(=O)NC2(c3nccs3)CCCC2)CC1(Cl)Cl. The van der Waals surface area contributed by atoms with Crippen LogP contribution in [0.4, 0.5) is 0 Å². The van der Waals surface area contributed by atoms with Crippen LogP contribution < -0.4 is 5.32 Å². The van der Waals surface area contributed by atoms with Crippen LogP contribution in [0.3, 0.4) is 0 Å². The maximum absolute atomic E-state index is 12.5. The van der Waals surface area contributed by atoms with Crippen molar-refractivity contribution in [2.24, 2.45) is 5.41 Å². The van der Waals surface area contributed by atoms with Gasteiger partial charge >= 0.3 is 0 Å². The first-order valence-corrected chi connectivity index (χ1v) is 8.14. The fraction of sp³-hybridized carbons (Fsp3) is 0.692. The van der Waals surface area contributed by atoms with Crippen molar-refractivity contribution < 1.29 is 4.79 Å². The fourth-order valence-electron chi connectivity index (χ4n) is 2.83. The van der Waals surface area contributed by atoms with Crippen LogP contribution in [0.15, 0.2) is 11.6 Å². The summed E-state index contributed by atoms with van der Waals surface area (Å²) in [6.45, 7) is 1.83. The smallest absolute Gasteiger partial charge is 0.229 e. The van der Waals surface area contributed by atoms with Gasteiger partial charge in [-0.25, -0.2) is 4.98 Å². The Hall–Kier alpha value is -0.320. The highest BCUT2D eigenvalue weighted by Gasteiger charge is 2.68. The lowest BCUT2D eigenvalue weighted by molar-refractivity contribution is -0.128. The molecule has 0 saturated heterocycles. The van der Waals surface area contributed by atoms with Gasteiger partial charge in [-0.1, -0.05) is 12.8 Å². The molecule has 3 nitrogen and oxygen atoms in total. The van der Waals surface area contributed by atoms with Gasteiger partial charge in [0.2, 0.25) is 5.91 Å². The number of aromatic nitrogens is 1. The number of hydrogen-bond acceptors (Lipinski definition) is 3. The molecule has 1 aromatic rings. The number of hydrogen-bond donors (Lipinski definition) is 1. The summed E-state index contributed by atoms with van der Waals surface area (Å²) < 4.78 is -0.917. The summed E-state index contributed by atoms with van der Waals surface area (Å²) in [6.07, 6.45) is 6.42. The van der Waals surface area contributed by atoms with Crippen molar-refractivity contribution in [1.29, 1.82) is 0 Å². The molecule has 1 atom stereocenters. The van der Waals surface area contributed by atoms with E-state index in [-0.39, 0.29) is 11.4 Å². The quantitative estimate of drug-likeness (QED) is 0.865. The molecular formula is C13H16Cl2N2OS. The molecule has 2 fully saturated rings. The van der Waals surface area contributed by atoms with E-state index in [0.29, 0.717) is 6.42 Å². The molecular weight excluding hydrogens is 303 g/mol. The number of nitrogens with one attached hydrogen (secondary N) is 1. The highest BCUT2D eigenvalue weighted by Crippen LogP contribution is 2.64. The zero-order valence-electron chi connectivity index (χ0n) is 10.7.